The van der Waals surface area contributed by atoms with E-state index in [0.29, 0.717) is 5.41 Å². The third-order valence-electron chi connectivity index (χ3n) is 2.21. The summed E-state index contributed by atoms with van der Waals surface area (Å²) in [5.41, 5.74) is 8.73. The molecule has 6 heteroatoms. The van der Waals surface area contributed by atoms with Crippen LogP contribution in [0.3, 0.4) is 0 Å². The zero-order valence-corrected chi connectivity index (χ0v) is 9.90. The summed E-state index contributed by atoms with van der Waals surface area (Å²) in [6, 6.07) is 0. The average Bonchev–Trinajstić information content (AvgIpc) is 2.00. The van der Waals surface area contributed by atoms with Crippen molar-refractivity contribution in [1.29, 1.82) is 0 Å². The first-order chi connectivity index (χ1) is 7.17. The summed E-state index contributed by atoms with van der Waals surface area (Å²) in [5, 5.41) is 14.4. The molecule has 0 aromatic heterocycles. The summed E-state index contributed by atoms with van der Waals surface area (Å²) in [6.45, 7) is 4.76. The number of carbonyl (C=O) groups is 2. The van der Waals surface area contributed by atoms with Crippen molar-refractivity contribution >= 4 is 12.2 Å². The maximum absolute atomic E-state index is 8.78. The van der Waals surface area contributed by atoms with Gasteiger partial charge in [-0.1, -0.05) is 33.1 Å². The third kappa shape index (κ3) is 22.9. The van der Waals surface area contributed by atoms with E-state index >= 15 is 0 Å². The Kier molecular flexibility index (Phi) is 9.34. The molecule has 96 valence electrons. The molecule has 1 aliphatic carbocycles. The number of hydrogen-bond acceptors (Lipinski definition) is 2. The first-order valence-corrected chi connectivity index (χ1v) is 5.14. The van der Waals surface area contributed by atoms with E-state index in [2.05, 4.69) is 25.3 Å². The molecule has 1 saturated carbocycles. The highest BCUT2D eigenvalue weighted by Crippen LogP contribution is 2.34. The fraction of sp³-hybridized carbons (Fsp3) is 0.800. The first kappa shape index (κ1) is 17.0. The van der Waals surface area contributed by atoms with Crippen molar-refractivity contribution in [2.75, 3.05) is 0 Å². The van der Waals surface area contributed by atoms with Gasteiger partial charge in [-0.15, -0.1) is 0 Å². The minimum atomic E-state index is -1.33. The van der Waals surface area contributed by atoms with Gasteiger partial charge >= 0.3 is 12.2 Å². The number of primary amides is 2. The highest BCUT2D eigenvalue weighted by atomic mass is 16.4. The standard InChI is InChI=1S/C8H16.2CH3NO2/c1-8(2)6-4-3-5-7-8;2*2-1(3)4/h3-7H2,1-2H3;2*2H2,(H,3,4). The summed E-state index contributed by atoms with van der Waals surface area (Å²) in [5.74, 6) is 0. The van der Waals surface area contributed by atoms with Gasteiger partial charge in [0, 0.05) is 0 Å². The quantitative estimate of drug-likeness (QED) is 0.512. The van der Waals surface area contributed by atoms with Crippen LogP contribution in [0.1, 0.15) is 46.0 Å². The predicted octanol–water partition coefficient (Wildman–Crippen LogP) is 2.22. The van der Waals surface area contributed by atoms with Gasteiger partial charge in [-0.05, 0) is 18.3 Å². The highest BCUT2D eigenvalue weighted by Gasteiger charge is 2.19. The van der Waals surface area contributed by atoms with E-state index in [-0.39, 0.29) is 0 Å². The molecule has 2 amide bonds. The van der Waals surface area contributed by atoms with E-state index in [9.17, 15) is 0 Å². The second-order valence-corrected chi connectivity index (χ2v) is 4.40. The lowest BCUT2D eigenvalue weighted by Crippen LogP contribution is -2.14. The lowest BCUT2D eigenvalue weighted by atomic mass is 9.78. The second-order valence-electron chi connectivity index (χ2n) is 4.40. The van der Waals surface area contributed by atoms with E-state index in [1.165, 1.54) is 32.1 Å². The minimum Gasteiger partial charge on any atom is -0.465 e. The van der Waals surface area contributed by atoms with Crippen LogP contribution in [0.2, 0.25) is 0 Å². The van der Waals surface area contributed by atoms with Gasteiger partial charge in [0.2, 0.25) is 0 Å². The van der Waals surface area contributed by atoms with Crippen LogP contribution in [0.15, 0.2) is 0 Å². The molecule has 0 aromatic carbocycles. The fourth-order valence-electron chi connectivity index (χ4n) is 1.51. The smallest absolute Gasteiger partial charge is 0.402 e. The van der Waals surface area contributed by atoms with E-state index in [1.807, 2.05) is 0 Å². The fourth-order valence-corrected chi connectivity index (χ4v) is 1.51. The number of carboxylic acid groups (broad SMARTS) is 2. The molecule has 0 bridgehead atoms. The van der Waals surface area contributed by atoms with Crippen LogP contribution in [-0.2, 0) is 0 Å². The Hall–Kier alpha value is -1.46. The molecule has 0 saturated heterocycles. The van der Waals surface area contributed by atoms with Crippen LogP contribution < -0.4 is 11.5 Å². The second kappa shape index (κ2) is 8.82. The van der Waals surface area contributed by atoms with Crippen molar-refractivity contribution < 1.29 is 19.8 Å². The monoisotopic (exact) mass is 234 g/mol. The molecule has 0 radical (unpaired) electrons. The van der Waals surface area contributed by atoms with Gasteiger partial charge in [0.15, 0.2) is 0 Å². The normalized spacial score (nSPS) is 16.9. The van der Waals surface area contributed by atoms with Crippen LogP contribution in [0, 0.1) is 5.41 Å². The number of nitrogens with two attached hydrogens (primary N) is 2. The molecular weight excluding hydrogens is 212 g/mol. The largest absolute Gasteiger partial charge is 0.465 e. The zero-order valence-electron chi connectivity index (χ0n) is 9.90. The van der Waals surface area contributed by atoms with Crippen molar-refractivity contribution in [2.24, 2.45) is 16.9 Å². The van der Waals surface area contributed by atoms with Crippen molar-refractivity contribution in [3.05, 3.63) is 0 Å². The van der Waals surface area contributed by atoms with E-state index in [4.69, 9.17) is 19.8 Å². The molecule has 6 N–H and O–H groups in total. The Labute approximate surface area is 95.6 Å². The van der Waals surface area contributed by atoms with Gasteiger partial charge < -0.3 is 21.7 Å². The summed E-state index contributed by atoms with van der Waals surface area (Å²) >= 11 is 0. The van der Waals surface area contributed by atoms with Gasteiger partial charge in [0.05, 0.1) is 0 Å². The lowest BCUT2D eigenvalue weighted by molar-refractivity contribution is 0.204. The van der Waals surface area contributed by atoms with Crippen LogP contribution >= 0.6 is 0 Å². The Morgan fingerprint density at radius 3 is 1.31 bits per heavy atom. The van der Waals surface area contributed by atoms with Crippen LogP contribution in [0.5, 0.6) is 0 Å². The summed E-state index contributed by atoms with van der Waals surface area (Å²) in [4.78, 5) is 17.6. The maximum atomic E-state index is 8.78. The van der Waals surface area contributed by atoms with Gasteiger partial charge in [0.25, 0.3) is 0 Å². The molecule has 6 nitrogen and oxygen atoms in total. The van der Waals surface area contributed by atoms with Gasteiger partial charge in [-0.3, -0.25) is 0 Å². The third-order valence-corrected chi connectivity index (χ3v) is 2.21. The lowest BCUT2D eigenvalue weighted by Gasteiger charge is -2.28. The highest BCUT2D eigenvalue weighted by molar-refractivity contribution is 5.61. The van der Waals surface area contributed by atoms with Gasteiger partial charge in [-0.25, -0.2) is 9.59 Å². The SMILES string of the molecule is CC1(C)CCCCC1.NC(=O)O.NC(=O)O. The number of rotatable bonds is 0. The Morgan fingerprint density at radius 1 is 0.938 bits per heavy atom. The molecule has 16 heavy (non-hydrogen) atoms. The topological polar surface area (TPSA) is 127 Å². The number of hydrogen-bond donors (Lipinski definition) is 4. The Bertz CT molecular complexity index is 189. The average molecular weight is 234 g/mol. The van der Waals surface area contributed by atoms with Crippen LogP contribution in [0.4, 0.5) is 9.59 Å². The van der Waals surface area contributed by atoms with Gasteiger partial charge in [-0.2, -0.15) is 0 Å². The molecular formula is C10H22N2O4. The summed E-state index contributed by atoms with van der Waals surface area (Å²) < 4.78 is 0. The molecule has 1 rings (SSSR count). The number of amides is 2. The molecule has 0 spiro atoms. The van der Waals surface area contributed by atoms with Crippen molar-refractivity contribution in [3.63, 3.8) is 0 Å². The van der Waals surface area contributed by atoms with Crippen molar-refractivity contribution in [3.8, 4) is 0 Å². The van der Waals surface area contributed by atoms with E-state index in [0.717, 1.165) is 0 Å². The summed E-state index contributed by atoms with van der Waals surface area (Å²) in [7, 11) is 0. The van der Waals surface area contributed by atoms with E-state index < -0.39 is 12.2 Å². The molecule has 0 unspecified atom stereocenters. The molecule has 0 heterocycles. The molecule has 1 aliphatic rings. The van der Waals surface area contributed by atoms with Gasteiger partial charge in [0.1, 0.15) is 0 Å². The van der Waals surface area contributed by atoms with E-state index in [1.54, 1.807) is 0 Å². The first-order valence-electron chi connectivity index (χ1n) is 5.14. The Balaban J connectivity index is 0. The minimum absolute atomic E-state index is 0.679. The maximum Gasteiger partial charge on any atom is 0.402 e. The predicted molar refractivity (Wildman–Crippen MR) is 61.3 cm³/mol. The molecule has 0 atom stereocenters. The van der Waals surface area contributed by atoms with Crippen LogP contribution in [0.25, 0.3) is 0 Å². The molecule has 0 aromatic rings. The zero-order chi connectivity index (χ0) is 13.2. The van der Waals surface area contributed by atoms with Crippen molar-refractivity contribution in [1.82, 2.24) is 0 Å². The van der Waals surface area contributed by atoms with Crippen molar-refractivity contribution in [2.45, 2.75) is 46.0 Å². The molecule has 1 fully saturated rings. The Morgan fingerprint density at radius 2 is 1.19 bits per heavy atom. The van der Waals surface area contributed by atoms with Crippen LogP contribution in [-0.4, -0.2) is 22.4 Å². The molecule has 0 aliphatic heterocycles. The summed E-state index contributed by atoms with van der Waals surface area (Å²) in [6.07, 6.45) is 4.64.